The summed E-state index contributed by atoms with van der Waals surface area (Å²) >= 11 is 0. The van der Waals surface area contributed by atoms with Crippen molar-refractivity contribution in [3.05, 3.63) is 45.4 Å². The summed E-state index contributed by atoms with van der Waals surface area (Å²) in [4.78, 5) is 36.2. The van der Waals surface area contributed by atoms with Crippen molar-refractivity contribution in [2.75, 3.05) is 0 Å². The number of allylic oxidation sites excluding steroid dienone is 2. The predicted molar refractivity (Wildman–Crippen MR) is 49.6 cm³/mol. The summed E-state index contributed by atoms with van der Waals surface area (Å²) in [6, 6.07) is 1.31. The van der Waals surface area contributed by atoms with Crippen LogP contribution in [0.4, 0.5) is 0 Å². The molecule has 1 aliphatic rings. The van der Waals surface area contributed by atoms with Crippen molar-refractivity contribution in [2.45, 2.75) is 6.92 Å². The van der Waals surface area contributed by atoms with Gasteiger partial charge in [0, 0.05) is 6.07 Å². The first-order valence-electron chi connectivity index (χ1n) is 4.10. The van der Waals surface area contributed by atoms with Crippen molar-refractivity contribution >= 4 is 11.6 Å². The average Bonchev–Trinajstić information content (AvgIpc) is 2.10. The van der Waals surface area contributed by atoms with Gasteiger partial charge in [-0.2, -0.15) is 0 Å². The summed E-state index contributed by atoms with van der Waals surface area (Å²) in [5.41, 5.74) is 0.573. The van der Waals surface area contributed by atoms with Crippen molar-refractivity contribution in [1.29, 1.82) is 0 Å². The second-order valence-electron chi connectivity index (χ2n) is 3.13. The van der Waals surface area contributed by atoms with E-state index in [0.29, 0.717) is 11.1 Å². The summed E-state index contributed by atoms with van der Waals surface area (Å²) in [6.07, 6.45) is 2.38. The number of hydrogen-bond donors (Lipinski definition) is 1. The van der Waals surface area contributed by atoms with Crippen molar-refractivity contribution < 1.29 is 9.59 Å². The summed E-state index contributed by atoms with van der Waals surface area (Å²) in [5, 5.41) is 0. The van der Waals surface area contributed by atoms with E-state index in [2.05, 4.69) is 4.98 Å². The molecule has 0 bridgehead atoms. The topological polar surface area (TPSA) is 67.0 Å². The lowest BCUT2D eigenvalue weighted by Gasteiger charge is -2.10. The van der Waals surface area contributed by atoms with Gasteiger partial charge in [0.25, 0.3) is 0 Å². The van der Waals surface area contributed by atoms with Crippen molar-refractivity contribution in [1.82, 2.24) is 4.98 Å². The Balaban J connectivity index is 2.84. The highest BCUT2D eigenvalue weighted by Gasteiger charge is 2.21. The maximum absolute atomic E-state index is 11.4. The van der Waals surface area contributed by atoms with Crippen LogP contribution in [0.25, 0.3) is 0 Å². The van der Waals surface area contributed by atoms with Gasteiger partial charge in [0.1, 0.15) is 5.69 Å². The highest BCUT2D eigenvalue weighted by atomic mass is 16.1. The Labute approximate surface area is 79.3 Å². The standard InChI is InChI=1S/C10H7NO3/c1-5-4-8(14)11-10-7(13)3-2-6(12)9(5)10/h2-4H,1H3,(H,11,14). The molecule has 70 valence electrons. The minimum atomic E-state index is -0.363. The van der Waals surface area contributed by atoms with Crippen LogP contribution in [0.15, 0.2) is 23.0 Å². The van der Waals surface area contributed by atoms with Crippen LogP contribution in [0, 0.1) is 6.92 Å². The SMILES string of the molecule is Cc1cc(=O)[nH]c2c1C(=O)C=CC2=O. The zero-order valence-electron chi connectivity index (χ0n) is 7.46. The Kier molecular flexibility index (Phi) is 1.70. The number of aromatic nitrogens is 1. The van der Waals surface area contributed by atoms with E-state index in [-0.39, 0.29) is 22.8 Å². The summed E-state index contributed by atoms with van der Waals surface area (Å²) in [6.45, 7) is 1.64. The number of fused-ring (bicyclic) bond motifs is 1. The Morgan fingerprint density at radius 1 is 1.07 bits per heavy atom. The molecule has 14 heavy (non-hydrogen) atoms. The van der Waals surface area contributed by atoms with E-state index in [1.54, 1.807) is 6.92 Å². The van der Waals surface area contributed by atoms with Crippen LogP contribution < -0.4 is 5.56 Å². The number of nitrogens with one attached hydrogen (secondary N) is 1. The largest absolute Gasteiger partial charge is 0.319 e. The molecule has 1 aliphatic carbocycles. The first-order valence-corrected chi connectivity index (χ1v) is 4.10. The zero-order chi connectivity index (χ0) is 10.3. The minimum Gasteiger partial charge on any atom is -0.319 e. The first kappa shape index (κ1) is 8.62. The smallest absolute Gasteiger partial charge is 0.248 e. The number of pyridine rings is 1. The maximum Gasteiger partial charge on any atom is 0.248 e. The molecule has 0 atom stereocenters. The van der Waals surface area contributed by atoms with E-state index in [1.165, 1.54) is 18.2 Å². The van der Waals surface area contributed by atoms with Crippen LogP contribution >= 0.6 is 0 Å². The normalized spacial score (nSPS) is 14.4. The molecule has 0 amide bonds. The Morgan fingerprint density at radius 2 is 1.71 bits per heavy atom. The number of ketones is 2. The fraction of sp³-hybridized carbons (Fsp3) is 0.100. The lowest BCUT2D eigenvalue weighted by atomic mass is 9.96. The second-order valence-corrected chi connectivity index (χ2v) is 3.13. The Hall–Kier alpha value is -1.97. The third kappa shape index (κ3) is 1.12. The molecule has 1 aromatic rings. The van der Waals surface area contributed by atoms with Gasteiger partial charge in [0.15, 0.2) is 5.78 Å². The number of carbonyl (C=O) groups excluding carboxylic acids is 2. The van der Waals surface area contributed by atoms with E-state index in [1.807, 2.05) is 0 Å². The average molecular weight is 189 g/mol. The molecule has 2 rings (SSSR count). The fourth-order valence-electron chi connectivity index (χ4n) is 1.51. The molecule has 0 spiro atoms. The highest BCUT2D eigenvalue weighted by Crippen LogP contribution is 2.16. The summed E-state index contributed by atoms with van der Waals surface area (Å²) in [7, 11) is 0. The molecule has 4 nitrogen and oxygen atoms in total. The summed E-state index contributed by atoms with van der Waals surface area (Å²) < 4.78 is 0. The van der Waals surface area contributed by atoms with Crippen LogP contribution in [0.1, 0.15) is 26.4 Å². The quantitative estimate of drug-likeness (QED) is 0.650. The van der Waals surface area contributed by atoms with E-state index in [0.717, 1.165) is 0 Å². The molecule has 1 N–H and O–H groups in total. The van der Waals surface area contributed by atoms with Crippen LogP contribution in [-0.2, 0) is 0 Å². The maximum atomic E-state index is 11.4. The molecule has 1 heterocycles. The molecule has 0 aromatic carbocycles. The minimum absolute atomic E-state index is 0.0995. The molecule has 4 heteroatoms. The van der Waals surface area contributed by atoms with Crippen LogP contribution in [0.3, 0.4) is 0 Å². The van der Waals surface area contributed by atoms with Gasteiger partial charge in [0.05, 0.1) is 5.56 Å². The van der Waals surface area contributed by atoms with E-state index < -0.39 is 0 Å². The third-order valence-corrected chi connectivity index (χ3v) is 2.12. The van der Waals surface area contributed by atoms with E-state index in [4.69, 9.17) is 0 Å². The number of hydrogen-bond acceptors (Lipinski definition) is 3. The summed E-state index contributed by atoms with van der Waals surface area (Å²) in [5.74, 6) is -0.575. The number of aromatic amines is 1. The monoisotopic (exact) mass is 189 g/mol. The molecular weight excluding hydrogens is 182 g/mol. The Bertz CT molecular complexity index is 523. The van der Waals surface area contributed by atoms with Gasteiger partial charge >= 0.3 is 0 Å². The number of carbonyl (C=O) groups is 2. The zero-order valence-corrected chi connectivity index (χ0v) is 7.46. The number of aryl methyl sites for hydroxylation is 1. The highest BCUT2D eigenvalue weighted by molar-refractivity contribution is 6.21. The van der Waals surface area contributed by atoms with Crippen LogP contribution in [0.5, 0.6) is 0 Å². The molecule has 0 radical (unpaired) electrons. The van der Waals surface area contributed by atoms with Gasteiger partial charge in [-0.3, -0.25) is 14.4 Å². The molecule has 0 saturated carbocycles. The molecule has 0 saturated heterocycles. The van der Waals surface area contributed by atoms with Gasteiger partial charge < -0.3 is 4.98 Å². The molecule has 0 aliphatic heterocycles. The second kappa shape index (κ2) is 2.77. The third-order valence-electron chi connectivity index (χ3n) is 2.12. The fourth-order valence-corrected chi connectivity index (χ4v) is 1.51. The van der Waals surface area contributed by atoms with E-state index in [9.17, 15) is 14.4 Å². The molecule has 1 aromatic heterocycles. The van der Waals surface area contributed by atoms with Gasteiger partial charge in [-0.05, 0) is 24.6 Å². The molecule has 0 fully saturated rings. The number of rotatable bonds is 0. The number of H-pyrrole nitrogens is 1. The van der Waals surface area contributed by atoms with Crippen molar-refractivity contribution in [3.8, 4) is 0 Å². The first-order chi connectivity index (χ1) is 6.59. The van der Waals surface area contributed by atoms with E-state index >= 15 is 0 Å². The van der Waals surface area contributed by atoms with Gasteiger partial charge in [-0.25, -0.2) is 0 Å². The molecule has 0 unspecified atom stereocenters. The van der Waals surface area contributed by atoms with Gasteiger partial charge in [-0.15, -0.1) is 0 Å². The Morgan fingerprint density at radius 3 is 2.43 bits per heavy atom. The van der Waals surface area contributed by atoms with Gasteiger partial charge in [-0.1, -0.05) is 0 Å². The van der Waals surface area contributed by atoms with Crippen LogP contribution in [0.2, 0.25) is 0 Å². The lowest BCUT2D eigenvalue weighted by molar-refractivity contribution is 0.0989. The van der Waals surface area contributed by atoms with Crippen molar-refractivity contribution in [3.63, 3.8) is 0 Å². The predicted octanol–water partition coefficient (Wildman–Crippen LogP) is 0.619. The molecular formula is C10H7NO3. The lowest BCUT2D eigenvalue weighted by Crippen LogP contribution is -2.21. The van der Waals surface area contributed by atoms with Gasteiger partial charge in [0.2, 0.25) is 11.3 Å². The van der Waals surface area contributed by atoms with Crippen molar-refractivity contribution in [2.24, 2.45) is 0 Å². The van der Waals surface area contributed by atoms with Crippen LogP contribution in [-0.4, -0.2) is 16.6 Å².